The van der Waals surface area contributed by atoms with Gasteiger partial charge in [-0.15, -0.1) is 11.8 Å². The van der Waals surface area contributed by atoms with Crippen LogP contribution in [-0.2, 0) is 22.6 Å². The topological polar surface area (TPSA) is 119 Å². The highest BCUT2D eigenvalue weighted by Gasteiger charge is 2.49. The van der Waals surface area contributed by atoms with E-state index >= 15 is 0 Å². The minimum Gasteiger partial charge on any atom is -0.508 e. The summed E-state index contributed by atoms with van der Waals surface area (Å²) in [6.45, 7) is 7.52. The fourth-order valence-electron chi connectivity index (χ4n) is 5.10. The molecule has 4 rings (SSSR count). The summed E-state index contributed by atoms with van der Waals surface area (Å²) in [6.07, 6.45) is -1.46. The number of rotatable bonds is 9. The van der Waals surface area contributed by atoms with E-state index in [4.69, 9.17) is 11.6 Å². The van der Waals surface area contributed by atoms with Gasteiger partial charge in [-0.25, -0.2) is 0 Å². The van der Waals surface area contributed by atoms with Crippen molar-refractivity contribution in [3.8, 4) is 5.75 Å². The number of benzene rings is 3. The molecule has 0 saturated carbocycles. The Bertz CT molecular complexity index is 1470. The molecule has 0 spiro atoms. The lowest BCUT2D eigenvalue weighted by Crippen LogP contribution is -2.58. The third kappa shape index (κ3) is 6.91. The van der Waals surface area contributed by atoms with Gasteiger partial charge in [-0.05, 0) is 69.0 Å². The first-order valence-electron chi connectivity index (χ1n) is 13.7. The lowest BCUT2D eigenvalue weighted by Gasteiger charge is -2.33. The zero-order valence-electron chi connectivity index (χ0n) is 24.1. The molecule has 0 aromatic heterocycles. The summed E-state index contributed by atoms with van der Waals surface area (Å²) in [5.41, 5.74) is 3.16. The molecule has 222 valence electrons. The summed E-state index contributed by atoms with van der Waals surface area (Å²) in [5, 5.41) is 27.9. The average molecular weight is 610 g/mol. The van der Waals surface area contributed by atoms with Gasteiger partial charge in [0.2, 0.25) is 5.91 Å². The van der Waals surface area contributed by atoms with Crippen molar-refractivity contribution in [3.63, 3.8) is 0 Å². The molecule has 1 heterocycles. The lowest BCUT2D eigenvalue weighted by atomic mass is 9.96. The number of aliphatic hydroxyl groups excluding tert-OH is 1. The van der Waals surface area contributed by atoms with Crippen molar-refractivity contribution in [3.05, 3.63) is 99.6 Å². The highest BCUT2D eigenvalue weighted by Crippen LogP contribution is 2.40. The Morgan fingerprint density at radius 1 is 1.02 bits per heavy atom. The van der Waals surface area contributed by atoms with Gasteiger partial charge >= 0.3 is 0 Å². The third-order valence-corrected chi connectivity index (χ3v) is 9.49. The van der Waals surface area contributed by atoms with E-state index in [1.807, 2.05) is 63.2 Å². The Morgan fingerprint density at radius 2 is 1.71 bits per heavy atom. The highest BCUT2D eigenvalue weighted by atomic mass is 35.5. The zero-order valence-corrected chi connectivity index (χ0v) is 25.6. The number of phenolic OH excluding ortho intramolecular Hbond substituents is 1. The number of thioether (sulfide) groups is 1. The smallest absolute Gasteiger partial charge is 0.254 e. The first-order valence-corrected chi connectivity index (χ1v) is 15.0. The van der Waals surface area contributed by atoms with Gasteiger partial charge in [-0.2, -0.15) is 0 Å². The van der Waals surface area contributed by atoms with Crippen LogP contribution < -0.4 is 10.6 Å². The van der Waals surface area contributed by atoms with Gasteiger partial charge in [0, 0.05) is 27.4 Å². The van der Waals surface area contributed by atoms with Crippen LogP contribution in [0.25, 0.3) is 0 Å². The second-order valence-electron chi connectivity index (χ2n) is 11.0. The predicted octanol–water partition coefficient (Wildman–Crippen LogP) is 4.36. The fourth-order valence-corrected chi connectivity index (χ4v) is 6.44. The lowest BCUT2D eigenvalue weighted by molar-refractivity contribution is -0.147. The molecule has 1 fully saturated rings. The molecule has 0 aliphatic carbocycles. The van der Waals surface area contributed by atoms with Crippen LogP contribution in [-0.4, -0.2) is 61.6 Å². The number of nitrogens with one attached hydrogen (secondary N) is 2. The van der Waals surface area contributed by atoms with Gasteiger partial charge in [0.25, 0.3) is 11.8 Å². The largest absolute Gasteiger partial charge is 0.508 e. The minimum absolute atomic E-state index is 0.0305. The average Bonchev–Trinajstić information content (AvgIpc) is 3.29. The number of carbonyl (C=O) groups is 3. The summed E-state index contributed by atoms with van der Waals surface area (Å²) < 4.78 is -0.625. The number of hydrogen-bond acceptors (Lipinski definition) is 6. The number of carbonyl (C=O) groups excluding carboxylic acids is 3. The third-order valence-electron chi connectivity index (χ3n) is 7.71. The molecule has 3 aromatic carbocycles. The second-order valence-corrected chi connectivity index (χ2v) is 13.0. The van der Waals surface area contributed by atoms with Crippen molar-refractivity contribution in [2.24, 2.45) is 0 Å². The molecule has 3 atom stereocenters. The Labute approximate surface area is 255 Å². The summed E-state index contributed by atoms with van der Waals surface area (Å²) in [5.74, 6) is -1.35. The van der Waals surface area contributed by atoms with Gasteiger partial charge in [-0.1, -0.05) is 60.1 Å². The van der Waals surface area contributed by atoms with Crippen LogP contribution in [0.2, 0.25) is 5.02 Å². The molecule has 0 radical (unpaired) electrons. The van der Waals surface area contributed by atoms with E-state index in [2.05, 4.69) is 10.6 Å². The van der Waals surface area contributed by atoms with Crippen LogP contribution in [0.4, 0.5) is 0 Å². The van der Waals surface area contributed by atoms with Crippen molar-refractivity contribution in [2.45, 2.75) is 63.6 Å². The standard InChI is InChI=1S/C32H36ClN3O5S/c1-19-22(12-8-14-24(19)33)17-34-30(40)28-32(3,4)42-18-36(28)31(41)27(38)25(16-21-10-6-5-7-11-21)35-29(39)23-13-9-15-26(37)20(23)2/h5-15,25,27-28,37-38H,16-18H2,1-4H3,(H,34,40)(H,35,39)/t25-,27-,28+/m0/s1. The molecule has 8 nitrogen and oxygen atoms in total. The summed E-state index contributed by atoms with van der Waals surface area (Å²) in [7, 11) is 0. The van der Waals surface area contributed by atoms with Crippen LogP contribution in [0.15, 0.2) is 66.7 Å². The first-order chi connectivity index (χ1) is 19.9. The van der Waals surface area contributed by atoms with E-state index in [9.17, 15) is 24.6 Å². The molecule has 42 heavy (non-hydrogen) atoms. The van der Waals surface area contributed by atoms with Crippen molar-refractivity contribution in [2.75, 3.05) is 5.88 Å². The number of halogens is 1. The number of nitrogens with zero attached hydrogens (tertiary/aromatic N) is 1. The SMILES string of the molecule is Cc1c(Cl)cccc1CNC(=O)[C@H]1N(C(=O)[C@@H](O)[C@H](Cc2ccccc2)NC(=O)c2cccc(O)c2C)CSC1(C)C. The number of phenols is 1. The monoisotopic (exact) mass is 609 g/mol. The van der Waals surface area contributed by atoms with Crippen molar-refractivity contribution in [1.29, 1.82) is 0 Å². The molecule has 1 aliphatic rings. The Balaban J connectivity index is 1.56. The summed E-state index contributed by atoms with van der Waals surface area (Å²) in [4.78, 5) is 42.1. The molecule has 4 N–H and O–H groups in total. The van der Waals surface area contributed by atoms with Crippen molar-refractivity contribution in [1.82, 2.24) is 15.5 Å². The van der Waals surface area contributed by atoms with Crippen LogP contribution in [0.3, 0.4) is 0 Å². The molecule has 0 unspecified atom stereocenters. The van der Waals surface area contributed by atoms with Crippen LogP contribution >= 0.6 is 23.4 Å². The number of aliphatic hydroxyl groups is 1. The molecular weight excluding hydrogens is 574 g/mol. The summed E-state index contributed by atoms with van der Waals surface area (Å²) >= 11 is 7.69. The van der Waals surface area contributed by atoms with Gasteiger partial charge in [0.15, 0.2) is 6.10 Å². The Kier molecular flexibility index (Phi) is 9.86. The van der Waals surface area contributed by atoms with E-state index in [1.165, 1.54) is 22.7 Å². The Morgan fingerprint density at radius 3 is 2.43 bits per heavy atom. The van der Waals surface area contributed by atoms with E-state index in [1.54, 1.807) is 25.1 Å². The number of amides is 3. The minimum atomic E-state index is -1.63. The van der Waals surface area contributed by atoms with Crippen molar-refractivity contribution < 1.29 is 24.6 Å². The molecule has 0 bridgehead atoms. The normalized spacial score (nSPS) is 17.4. The maximum atomic E-state index is 13.9. The van der Waals surface area contributed by atoms with Gasteiger partial charge in [-0.3, -0.25) is 14.4 Å². The fraction of sp³-hybridized carbons (Fsp3) is 0.344. The highest BCUT2D eigenvalue weighted by molar-refractivity contribution is 8.00. The van der Waals surface area contributed by atoms with E-state index in [0.717, 1.165) is 16.7 Å². The van der Waals surface area contributed by atoms with E-state index < -0.39 is 34.7 Å². The van der Waals surface area contributed by atoms with Gasteiger partial charge < -0.3 is 25.7 Å². The molecule has 1 aliphatic heterocycles. The van der Waals surface area contributed by atoms with Crippen molar-refractivity contribution >= 4 is 41.1 Å². The first kappa shape index (κ1) is 31.4. The molecule has 3 aromatic rings. The maximum absolute atomic E-state index is 13.9. The van der Waals surface area contributed by atoms with Gasteiger partial charge in [0.1, 0.15) is 11.8 Å². The predicted molar refractivity (Wildman–Crippen MR) is 165 cm³/mol. The van der Waals surface area contributed by atoms with Crippen LogP contribution in [0, 0.1) is 13.8 Å². The number of aromatic hydroxyl groups is 1. The molecule has 10 heteroatoms. The van der Waals surface area contributed by atoms with Gasteiger partial charge in [0.05, 0.1) is 11.9 Å². The van der Waals surface area contributed by atoms with E-state index in [0.29, 0.717) is 10.6 Å². The molecule has 3 amide bonds. The maximum Gasteiger partial charge on any atom is 0.254 e. The molecule has 1 saturated heterocycles. The second kappa shape index (κ2) is 13.2. The zero-order chi connectivity index (χ0) is 30.6. The van der Waals surface area contributed by atoms with E-state index in [-0.39, 0.29) is 36.1 Å². The molecular formula is C32H36ClN3O5S. The van der Waals surface area contributed by atoms with Crippen LogP contribution in [0.1, 0.15) is 46.5 Å². The summed E-state index contributed by atoms with van der Waals surface area (Å²) in [6, 6.07) is 17.5. The Hall–Kier alpha value is -3.53. The van der Waals surface area contributed by atoms with Crippen LogP contribution in [0.5, 0.6) is 5.75 Å². The number of hydrogen-bond donors (Lipinski definition) is 4. The quantitative estimate of drug-likeness (QED) is 0.286.